The molecule has 0 unspecified atom stereocenters. The average Bonchev–Trinajstić information content (AvgIpc) is 2.74. The zero-order valence-corrected chi connectivity index (χ0v) is 16.2. The van der Waals surface area contributed by atoms with E-state index in [1.54, 1.807) is 24.4 Å². The summed E-state index contributed by atoms with van der Waals surface area (Å²) < 4.78 is 0. The first kappa shape index (κ1) is 20.2. The number of nitro groups is 2. The second-order valence-electron chi connectivity index (χ2n) is 7.08. The van der Waals surface area contributed by atoms with Crippen LogP contribution in [0.5, 0.6) is 0 Å². The Kier molecular flexibility index (Phi) is 6.38. The lowest BCUT2D eigenvalue weighted by Gasteiger charge is -2.33. The van der Waals surface area contributed by atoms with E-state index >= 15 is 0 Å². The number of hydrazone groups is 1. The maximum Gasteiger partial charge on any atom is 0.270 e. The van der Waals surface area contributed by atoms with Gasteiger partial charge in [0.1, 0.15) is 0 Å². The first-order valence-electron chi connectivity index (χ1n) is 9.50. The maximum atomic E-state index is 11.2. The molecule has 1 saturated carbocycles. The second kappa shape index (κ2) is 9.13. The van der Waals surface area contributed by atoms with Crippen LogP contribution in [0.15, 0.2) is 47.6 Å². The summed E-state index contributed by atoms with van der Waals surface area (Å²) in [6, 6.07) is 11.1. The van der Waals surface area contributed by atoms with E-state index in [2.05, 4.69) is 15.4 Å². The predicted molar refractivity (Wildman–Crippen MR) is 113 cm³/mol. The van der Waals surface area contributed by atoms with Crippen molar-refractivity contribution in [3.63, 3.8) is 0 Å². The molecule has 1 aliphatic rings. The number of anilines is 2. The smallest absolute Gasteiger partial charge is 0.270 e. The van der Waals surface area contributed by atoms with Crippen LogP contribution in [0.1, 0.15) is 37.7 Å². The molecule has 1 fully saturated rings. The Labute approximate surface area is 168 Å². The molecule has 2 aromatic carbocycles. The standard InChI is InChI=1S/C20H23N5O4/c1-23(17-5-3-2-4-6-17)20-12-11-19(25(28)29)13-15(20)14-21-22-16-7-9-18(10-8-16)24(26)27/h7-14,17,22H,2-6H2,1H3/b21-14-. The van der Waals surface area contributed by atoms with Gasteiger partial charge in [-0.2, -0.15) is 5.10 Å². The Morgan fingerprint density at radius 3 is 2.24 bits per heavy atom. The predicted octanol–water partition coefficient (Wildman–Crippen LogP) is 4.72. The fraction of sp³-hybridized carbons (Fsp3) is 0.350. The van der Waals surface area contributed by atoms with Crippen molar-refractivity contribution in [1.82, 2.24) is 0 Å². The summed E-state index contributed by atoms with van der Waals surface area (Å²) in [4.78, 5) is 23.2. The summed E-state index contributed by atoms with van der Waals surface area (Å²) in [5.41, 5.74) is 4.92. The molecule has 29 heavy (non-hydrogen) atoms. The minimum atomic E-state index is -0.469. The highest BCUT2D eigenvalue weighted by Gasteiger charge is 2.21. The van der Waals surface area contributed by atoms with Gasteiger partial charge in [0.05, 0.1) is 21.7 Å². The van der Waals surface area contributed by atoms with Gasteiger partial charge in [-0.25, -0.2) is 0 Å². The highest BCUT2D eigenvalue weighted by Crippen LogP contribution is 2.30. The molecule has 0 spiro atoms. The molecule has 0 saturated heterocycles. The Morgan fingerprint density at radius 1 is 1.00 bits per heavy atom. The summed E-state index contributed by atoms with van der Waals surface area (Å²) in [5, 5.41) is 26.1. The number of non-ortho nitro benzene ring substituents is 2. The molecule has 0 radical (unpaired) electrons. The normalized spacial score (nSPS) is 14.7. The third kappa shape index (κ3) is 5.07. The number of hydrogen-bond donors (Lipinski definition) is 1. The molecule has 1 aliphatic carbocycles. The number of nitro benzene ring substituents is 2. The lowest BCUT2D eigenvalue weighted by atomic mass is 9.94. The van der Waals surface area contributed by atoms with Crippen molar-refractivity contribution >= 4 is 29.0 Å². The molecular formula is C20H23N5O4. The van der Waals surface area contributed by atoms with Crippen LogP contribution in [0, 0.1) is 20.2 Å². The quantitative estimate of drug-likeness (QED) is 0.411. The topological polar surface area (TPSA) is 114 Å². The molecule has 9 heteroatoms. The first-order chi connectivity index (χ1) is 14.0. The van der Waals surface area contributed by atoms with Crippen LogP contribution in [0.3, 0.4) is 0 Å². The van der Waals surface area contributed by atoms with E-state index in [0.29, 0.717) is 17.3 Å². The second-order valence-corrected chi connectivity index (χ2v) is 7.08. The van der Waals surface area contributed by atoms with Crippen molar-refractivity contribution in [3.8, 4) is 0 Å². The van der Waals surface area contributed by atoms with Gasteiger partial charge in [0.2, 0.25) is 0 Å². The van der Waals surface area contributed by atoms with Crippen LogP contribution < -0.4 is 10.3 Å². The van der Waals surface area contributed by atoms with Gasteiger partial charge in [0.15, 0.2) is 0 Å². The molecule has 0 heterocycles. The highest BCUT2D eigenvalue weighted by molar-refractivity contribution is 5.89. The van der Waals surface area contributed by atoms with Gasteiger partial charge in [-0.3, -0.25) is 25.7 Å². The number of rotatable bonds is 7. The molecule has 1 N–H and O–H groups in total. The van der Waals surface area contributed by atoms with Crippen LogP contribution in [-0.4, -0.2) is 29.2 Å². The van der Waals surface area contributed by atoms with Gasteiger partial charge in [0, 0.05) is 48.6 Å². The van der Waals surface area contributed by atoms with E-state index in [4.69, 9.17) is 0 Å². The van der Waals surface area contributed by atoms with Crippen molar-refractivity contribution in [3.05, 3.63) is 68.3 Å². The average molecular weight is 397 g/mol. The van der Waals surface area contributed by atoms with Crippen LogP contribution >= 0.6 is 0 Å². The summed E-state index contributed by atoms with van der Waals surface area (Å²) in [5.74, 6) is 0. The minimum absolute atomic E-state index is 0.00239. The van der Waals surface area contributed by atoms with Gasteiger partial charge in [-0.1, -0.05) is 19.3 Å². The number of hydrogen-bond acceptors (Lipinski definition) is 7. The summed E-state index contributed by atoms with van der Waals surface area (Å²) in [7, 11) is 2.01. The Hall–Kier alpha value is -3.49. The lowest BCUT2D eigenvalue weighted by molar-refractivity contribution is -0.385. The van der Waals surface area contributed by atoms with Gasteiger partial charge < -0.3 is 4.90 Å². The molecule has 152 valence electrons. The molecule has 2 aromatic rings. The molecule has 0 aliphatic heterocycles. The van der Waals surface area contributed by atoms with E-state index in [-0.39, 0.29) is 11.4 Å². The summed E-state index contributed by atoms with van der Waals surface area (Å²) >= 11 is 0. The highest BCUT2D eigenvalue weighted by atomic mass is 16.6. The number of benzene rings is 2. The molecule has 0 atom stereocenters. The monoisotopic (exact) mass is 397 g/mol. The summed E-state index contributed by atoms with van der Waals surface area (Å²) in [6.07, 6.45) is 7.37. The van der Waals surface area contributed by atoms with Crippen molar-refractivity contribution in [2.75, 3.05) is 17.4 Å². The van der Waals surface area contributed by atoms with Crippen molar-refractivity contribution in [2.24, 2.45) is 5.10 Å². The Balaban J connectivity index is 1.81. The van der Waals surface area contributed by atoms with Crippen molar-refractivity contribution in [1.29, 1.82) is 0 Å². The number of nitrogens with zero attached hydrogens (tertiary/aromatic N) is 4. The zero-order valence-electron chi connectivity index (χ0n) is 16.2. The molecule has 0 bridgehead atoms. The van der Waals surface area contributed by atoms with Crippen LogP contribution in [0.2, 0.25) is 0 Å². The minimum Gasteiger partial charge on any atom is -0.371 e. The van der Waals surface area contributed by atoms with E-state index in [1.165, 1.54) is 43.5 Å². The Bertz CT molecular complexity index is 908. The largest absolute Gasteiger partial charge is 0.371 e. The Morgan fingerprint density at radius 2 is 1.62 bits per heavy atom. The molecule has 0 aromatic heterocycles. The SMILES string of the molecule is CN(c1ccc([N+](=O)[O-])cc1/C=N\Nc1ccc([N+](=O)[O-])cc1)C1CCCCC1. The van der Waals surface area contributed by atoms with E-state index in [9.17, 15) is 20.2 Å². The maximum absolute atomic E-state index is 11.2. The van der Waals surface area contributed by atoms with Crippen LogP contribution in [0.4, 0.5) is 22.7 Å². The molecule has 3 rings (SSSR count). The fourth-order valence-electron chi connectivity index (χ4n) is 3.58. The number of nitrogens with one attached hydrogen (secondary N) is 1. The van der Waals surface area contributed by atoms with E-state index < -0.39 is 9.85 Å². The van der Waals surface area contributed by atoms with E-state index in [0.717, 1.165) is 18.5 Å². The van der Waals surface area contributed by atoms with Crippen molar-refractivity contribution in [2.45, 2.75) is 38.1 Å². The zero-order chi connectivity index (χ0) is 20.8. The molecule has 0 amide bonds. The summed E-state index contributed by atoms with van der Waals surface area (Å²) in [6.45, 7) is 0. The third-order valence-corrected chi connectivity index (χ3v) is 5.20. The van der Waals surface area contributed by atoms with Crippen LogP contribution in [-0.2, 0) is 0 Å². The van der Waals surface area contributed by atoms with Gasteiger partial charge in [-0.05, 0) is 31.0 Å². The fourth-order valence-corrected chi connectivity index (χ4v) is 3.58. The molecular weight excluding hydrogens is 374 g/mol. The third-order valence-electron chi connectivity index (χ3n) is 5.20. The van der Waals surface area contributed by atoms with Crippen molar-refractivity contribution < 1.29 is 9.85 Å². The van der Waals surface area contributed by atoms with Crippen LogP contribution in [0.25, 0.3) is 0 Å². The van der Waals surface area contributed by atoms with E-state index in [1.807, 2.05) is 7.05 Å². The van der Waals surface area contributed by atoms with Gasteiger partial charge >= 0.3 is 0 Å². The van der Waals surface area contributed by atoms with Gasteiger partial charge in [0.25, 0.3) is 11.4 Å². The van der Waals surface area contributed by atoms with Gasteiger partial charge in [-0.15, -0.1) is 0 Å². The first-order valence-corrected chi connectivity index (χ1v) is 9.50. The molecule has 9 nitrogen and oxygen atoms in total. The lowest BCUT2D eigenvalue weighted by Crippen LogP contribution is -2.34.